The van der Waals surface area contributed by atoms with Crippen LogP contribution in [0.25, 0.3) is 0 Å². The number of carbonyl (C=O) groups is 1. The molecule has 21 heavy (non-hydrogen) atoms. The second kappa shape index (κ2) is 5.76. The van der Waals surface area contributed by atoms with Crippen LogP contribution in [-0.4, -0.2) is 24.1 Å². The van der Waals surface area contributed by atoms with Crippen LogP contribution < -0.4 is 0 Å². The minimum absolute atomic E-state index is 0.233. The fourth-order valence-corrected chi connectivity index (χ4v) is 3.02. The highest BCUT2D eigenvalue weighted by molar-refractivity contribution is 5.70. The summed E-state index contributed by atoms with van der Waals surface area (Å²) in [7, 11) is 0. The average molecular weight is 283 g/mol. The maximum absolute atomic E-state index is 11.7. The first-order valence-corrected chi connectivity index (χ1v) is 7.55. The Morgan fingerprint density at radius 1 is 1.19 bits per heavy atom. The van der Waals surface area contributed by atoms with Gasteiger partial charge < -0.3 is 4.74 Å². The van der Waals surface area contributed by atoms with Gasteiger partial charge in [-0.25, -0.2) is 4.79 Å². The average Bonchev–Trinajstić information content (AvgIpc) is 2.90. The van der Waals surface area contributed by atoms with Gasteiger partial charge >= 0.3 is 6.09 Å². The van der Waals surface area contributed by atoms with E-state index < -0.39 is 0 Å². The highest BCUT2D eigenvalue weighted by atomic mass is 16.6. The number of rotatable bonds is 2. The molecule has 1 fully saturated rings. The van der Waals surface area contributed by atoms with Gasteiger partial charge in [-0.05, 0) is 23.0 Å². The highest BCUT2D eigenvalue weighted by Crippen LogP contribution is 2.39. The van der Waals surface area contributed by atoms with E-state index in [1.807, 2.05) is 12.3 Å². The van der Waals surface area contributed by atoms with Gasteiger partial charge in [0.15, 0.2) is 0 Å². The second-order valence-electron chi connectivity index (χ2n) is 5.86. The first-order chi connectivity index (χ1) is 10.2. The van der Waals surface area contributed by atoms with Gasteiger partial charge in [-0.2, -0.15) is 0 Å². The van der Waals surface area contributed by atoms with Crippen LogP contribution >= 0.6 is 0 Å². The van der Waals surface area contributed by atoms with Crippen LogP contribution in [0, 0.1) is 11.8 Å². The van der Waals surface area contributed by atoms with Crippen LogP contribution in [-0.2, 0) is 4.74 Å². The summed E-state index contributed by atoms with van der Waals surface area (Å²) in [6.07, 6.45) is 6.32. The van der Waals surface area contributed by atoms with Crippen LogP contribution in [0.3, 0.4) is 0 Å². The molecule has 1 heterocycles. The summed E-state index contributed by atoms with van der Waals surface area (Å²) in [5, 5.41) is 0. The van der Waals surface area contributed by atoms with E-state index in [9.17, 15) is 4.79 Å². The third-order valence-electron chi connectivity index (χ3n) is 4.54. The molecular weight excluding hydrogens is 262 g/mol. The number of hydrogen-bond donors (Lipinski definition) is 0. The van der Waals surface area contributed by atoms with Gasteiger partial charge in [-0.15, -0.1) is 0 Å². The number of carbonyl (C=O) groups excluding carboxylic acids is 1. The van der Waals surface area contributed by atoms with Gasteiger partial charge in [0, 0.05) is 12.1 Å². The molecule has 1 aliphatic carbocycles. The summed E-state index contributed by atoms with van der Waals surface area (Å²) in [5.41, 5.74) is 2.56. The lowest BCUT2D eigenvalue weighted by Crippen LogP contribution is -2.24. The standard InChI is InChI=1S/C18H21NO2/c1-13-8-9-16(15-6-4-3-5-7-15)17(14(13)2)12-19-10-11-21-18(19)20/h3-9,12-14,16H,10-11H2,1-2H3/b17-12-/t13-,14+,16-/m0/s1. The fourth-order valence-electron chi connectivity index (χ4n) is 3.02. The normalized spacial score (nSPS) is 30.8. The zero-order chi connectivity index (χ0) is 14.8. The topological polar surface area (TPSA) is 29.5 Å². The van der Waals surface area contributed by atoms with Gasteiger partial charge in [-0.3, -0.25) is 4.90 Å². The van der Waals surface area contributed by atoms with Crippen molar-refractivity contribution < 1.29 is 9.53 Å². The SMILES string of the molecule is C[C@H]1C=C[C@@H](c2ccccc2)/C(=C\N2CCOC2=O)[C@@H]1C. The van der Waals surface area contributed by atoms with Crippen molar-refractivity contribution in [1.29, 1.82) is 0 Å². The molecule has 1 aliphatic heterocycles. The van der Waals surface area contributed by atoms with E-state index in [1.54, 1.807) is 4.90 Å². The Kier molecular flexibility index (Phi) is 3.82. The molecule has 110 valence electrons. The van der Waals surface area contributed by atoms with E-state index in [-0.39, 0.29) is 12.0 Å². The maximum atomic E-state index is 11.7. The molecule has 0 N–H and O–H groups in total. The van der Waals surface area contributed by atoms with Gasteiger partial charge in [0.2, 0.25) is 0 Å². The lowest BCUT2D eigenvalue weighted by atomic mass is 9.74. The van der Waals surface area contributed by atoms with Crippen LogP contribution in [0.2, 0.25) is 0 Å². The van der Waals surface area contributed by atoms with Crippen LogP contribution in [0.1, 0.15) is 25.3 Å². The van der Waals surface area contributed by atoms with Gasteiger partial charge in [0.1, 0.15) is 6.61 Å². The molecule has 0 bridgehead atoms. The number of allylic oxidation sites excluding steroid dienone is 3. The van der Waals surface area contributed by atoms with Crippen LogP contribution in [0.15, 0.2) is 54.3 Å². The van der Waals surface area contributed by atoms with Crippen molar-refractivity contribution in [1.82, 2.24) is 4.90 Å². The number of ether oxygens (including phenoxy) is 1. The molecule has 1 aromatic carbocycles. The fraction of sp³-hybridized carbons (Fsp3) is 0.389. The Morgan fingerprint density at radius 2 is 1.95 bits per heavy atom. The summed E-state index contributed by atoms with van der Waals surface area (Å²) in [5.74, 6) is 1.13. The molecule has 1 amide bonds. The van der Waals surface area contributed by atoms with Crippen LogP contribution in [0.4, 0.5) is 4.79 Å². The van der Waals surface area contributed by atoms with E-state index >= 15 is 0 Å². The predicted octanol–water partition coefficient (Wildman–Crippen LogP) is 3.95. The Balaban J connectivity index is 1.98. The van der Waals surface area contributed by atoms with Crippen LogP contribution in [0.5, 0.6) is 0 Å². The minimum Gasteiger partial charge on any atom is -0.447 e. The third-order valence-corrected chi connectivity index (χ3v) is 4.54. The molecule has 3 rings (SSSR count). The maximum Gasteiger partial charge on any atom is 0.413 e. The first-order valence-electron chi connectivity index (χ1n) is 7.55. The van der Waals surface area contributed by atoms with Gasteiger partial charge in [0.05, 0.1) is 6.54 Å². The van der Waals surface area contributed by atoms with Crippen molar-refractivity contribution in [2.24, 2.45) is 11.8 Å². The van der Waals surface area contributed by atoms with Crippen molar-refractivity contribution in [2.45, 2.75) is 19.8 Å². The summed E-state index contributed by atoms with van der Waals surface area (Å²) in [4.78, 5) is 13.4. The van der Waals surface area contributed by atoms with Crippen molar-refractivity contribution in [3.63, 3.8) is 0 Å². The number of cyclic esters (lactones) is 1. The summed E-state index contributed by atoms with van der Waals surface area (Å²) >= 11 is 0. The predicted molar refractivity (Wildman–Crippen MR) is 82.8 cm³/mol. The van der Waals surface area contributed by atoms with E-state index in [0.29, 0.717) is 25.0 Å². The molecule has 1 aromatic rings. The van der Waals surface area contributed by atoms with Gasteiger partial charge in [0.25, 0.3) is 0 Å². The molecule has 0 unspecified atom stereocenters. The molecule has 0 saturated carbocycles. The molecule has 1 saturated heterocycles. The van der Waals surface area contributed by atoms with Crippen molar-refractivity contribution >= 4 is 6.09 Å². The zero-order valence-corrected chi connectivity index (χ0v) is 12.5. The Bertz CT molecular complexity index is 576. The Labute approximate surface area is 125 Å². The van der Waals surface area contributed by atoms with Crippen molar-refractivity contribution in [2.75, 3.05) is 13.2 Å². The minimum atomic E-state index is -0.233. The molecule has 0 spiro atoms. The Hall–Kier alpha value is -2.03. The number of amides is 1. The lowest BCUT2D eigenvalue weighted by Gasteiger charge is -2.32. The molecule has 0 radical (unpaired) electrons. The van der Waals surface area contributed by atoms with Crippen molar-refractivity contribution in [3.05, 3.63) is 59.8 Å². The van der Waals surface area contributed by atoms with Crippen molar-refractivity contribution in [3.8, 4) is 0 Å². The summed E-state index contributed by atoms with van der Waals surface area (Å²) in [6, 6.07) is 10.5. The second-order valence-corrected chi connectivity index (χ2v) is 5.86. The molecule has 0 aromatic heterocycles. The quantitative estimate of drug-likeness (QED) is 0.769. The van der Waals surface area contributed by atoms with E-state index in [2.05, 4.69) is 50.3 Å². The molecule has 2 aliphatic rings. The molecule has 3 atom stereocenters. The first kappa shape index (κ1) is 13.9. The lowest BCUT2D eigenvalue weighted by molar-refractivity contribution is 0.166. The largest absolute Gasteiger partial charge is 0.447 e. The third kappa shape index (κ3) is 2.73. The number of nitrogens with zero attached hydrogens (tertiary/aromatic N) is 1. The van der Waals surface area contributed by atoms with E-state index in [4.69, 9.17) is 4.74 Å². The smallest absolute Gasteiger partial charge is 0.413 e. The molecule has 3 heteroatoms. The zero-order valence-electron chi connectivity index (χ0n) is 12.5. The summed E-state index contributed by atoms with van der Waals surface area (Å²) < 4.78 is 5.03. The monoisotopic (exact) mass is 283 g/mol. The number of hydrogen-bond acceptors (Lipinski definition) is 2. The molecule has 3 nitrogen and oxygen atoms in total. The Morgan fingerprint density at radius 3 is 2.62 bits per heavy atom. The number of benzene rings is 1. The van der Waals surface area contributed by atoms with E-state index in [1.165, 1.54) is 11.1 Å². The summed E-state index contributed by atoms with van der Waals surface area (Å²) in [6.45, 7) is 5.59. The highest BCUT2D eigenvalue weighted by Gasteiger charge is 2.29. The van der Waals surface area contributed by atoms with E-state index in [0.717, 1.165) is 0 Å². The van der Waals surface area contributed by atoms with Gasteiger partial charge in [-0.1, -0.05) is 56.3 Å². The molecular formula is C18H21NO2.